The molecule has 142 valence electrons. The fourth-order valence-corrected chi connectivity index (χ4v) is 5.19. The van der Waals surface area contributed by atoms with Gasteiger partial charge < -0.3 is 5.32 Å². The molecule has 0 bridgehead atoms. The zero-order valence-corrected chi connectivity index (χ0v) is 15.9. The molecule has 0 amide bonds. The van der Waals surface area contributed by atoms with Crippen LogP contribution in [0.15, 0.2) is 23.1 Å². The Bertz CT molecular complexity index is 812. The van der Waals surface area contributed by atoms with E-state index in [1.54, 1.807) is 6.92 Å². The van der Waals surface area contributed by atoms with E-state index in [9.17, 15) is 21.2 Å². The van der Waals surface area contributed by atoms with Gasteiger partial charge in [0.1, 0.15) is 5.82 Å². The van der Waals surface area contributed by atoms with E-state index in [1.807, 2.05) is 6.92 Å². The van der Waals surface area contributed by atoms with E-state index in [2.05, 4.69) is 14.8 Å². The zero-order chi connectivity index (χ0) is 18.7. The van der Waals surface area contributed by atoms with Crippen molar-refractivity contribution in [3.63, 3.8) is 0 Å². The molecule has 1 aromatic rings. The van der Waals surface area contributed by atoms with E-state index >= 15 is 0 Å². The number of piperidine rings is 1. The minimum Gasteiger partial charge on any atom is -0.314 e. The predicted octanol–water partition coefficient (Wildman–Crippen LogP) is 1.40. The smallest absolute Gasteiger partial charge is 0.240 e. The molecule has 1 aliphatic rings. The van der Waals surface area contributed by atoms with Crippen molar-refractivity contribution in [1.29, 1.82) is 0 Å². The Balaban J connectivity index is 2.15. The van der Waals surface area contributed by atoms with Crippen molar-refractivity contribution in [2.45, 2.75) is 50.1 Å². The van der Waals surface area contributed by atoms with Gasteiger partial charge in [-0.25, -0.2) is 25.9 Å². The Hall–Kier alpha value is -1.23. The largest absolute Gasteiger partial charge is 0.314 e. The lowest BCUT2D eigenvalue weighted by Crippen LogP contribution is -2.46. The molecular formula is C15H24FN3O4S2. The molecule has 3 N–H and O–H groups in total. The van der Waals surface area contributed by atoms with Crippen LogP contribution in [-0.2, 0) is 20.0 Å². The number of sulfonamides is 2. The number of hydrogen-bond acceptors (Lipinski definition) is 5. The SMILES string of the molecule is CCCS(=O)(=O)Nc1ccc(S(=O)(=O)NC2CCNC(C)C2)cc1F. The van der Waals surface area contributed by atoms with Crippen LogP contribution in [0.1, 0.15) is 33.1 Å². The molecule has 1 saturated heterocycles. The van der Waals surface area contributed by atoms with Gasteiger partial charge in [-0.2, -0.15) is 0 Å². The maximum atomic E-state index is 14.2. The van der Waals surface area contributed by atoms with Crippen molar-refractivity contribution < 1.29 is 21.2 Å². The highest BCUT2D eigenvalue weighted by Crippen LogP contribution is 2.21. The summed E-state index contributed by atoms with van der Waals surface area (Å²) in [5, 5.41) is 3.23. The predicted molar refractivity (Wildman–Crippen MR) is 94.9 cm³/mol. The molecule has 2 rings (SSSR count). The molecule has 0 radical (unpaired) electrons. The summed E-state index contributed by atoms with van der Waals surface area (Å²) in [7, 11) is -7.52. The first-order chi connectivity index (χ1) is 11.6. The van der Waals surface area contributed by atoms with Gasteiger partial charge in [-0.3, -0.25) is 4.72 Å². The second kappa shape index (κ2) is 7.98. The lowest BCUT2D eigenvalue weighted by Gasteiger charge is -2.28. The Kier molecular flexibility index (Phi) is 6.41. The Labute approximate surface area is 148 Å². The highest BCUT2D eigenvalue weighted by molar-refractivity contribution is 7.92. The van der Waals surface area contributed by atoms with Gasteiger partial charge in [0, 0.05) is 12.1 Å². The number of halogens is 1. The van der Waals surface area contributed by atoms with E-state index in [4.69, 9.17) is 0 Å². The molecule has 10 heteroatoms. The topological polar surface area (TPSA) is 104 Å². The third-order valence-electron chi connectivity index (χ3n) is 3.93. The first-order valence-corrected chi connectivity index (χ1v) is 11.3. The first-order valence-electron chi connectivity index (χ1n) is 8.18. The second-order valence-electron chi connectivity index (χ2n) is 6.26. The van der Waals surface area contributed by atoms with Crippen LogP contribution in [0.25, 0.3) is 0 Å². The van der Waals surface area contributed by atoms with Gasteiger partial charge in [0.2, 0.25) is 20.0 Å². The van der Waals surface area contributed by atoms with Crippen molar-refractivity contribution in [2.24, 2.45) is 0 Å². The van der Waals surface area contributed by atoms with Crippen LogP contribution in [0, 0.1) is 5.82 Å². The second-order valence-corrected chi connectivity index (χ2v) is 9.82. The van der Waals surface area contributed by atoms with E-state index in [0.29, 0.717) is 25.8 Å². The third-order valence-corrected chi connectivity index (χ3v) is 6.93. The highest BCUT2D eigenvalue weighted by atomic mass is 32.2. The summed E-state index contributed by atoms with van der Waals surface area (Å²) in [5.41, 5.74) is -0.261. The van der Waals surface area contributed by atoms with Crippen LogP contribution in [0.2, 0.25) is 0 Å². The zero-order valence-electron chi connectivity index (χ0n) is 14.2. The summed E-state index contributed by atoms with van der Waals surface area (Å²) in [5.74, 6) is -1.07. The van der Waals surface area contributed by atoms with E-state index < -0.39 is 25.9 Å². The van der Waals surface area contributed by atoms with Crippen LogP contribution >= 0.6 is 0 Å². The van der Waals surface area contributed by atoms with Gasteiger partial charge in [-0.1, -0.05) is 6.92 Å². The molecule has 1 aromatic carbocycles. The van der Waals surface area contributed by atoms with Crippen molar-refractivity contribution in [3.8, 4) is 0 Å². The van der Waals surface area contributed by atoms with Crippen LogP contribution in [0.4, 0.5) is 10.1 Å². The van der Waals surface area contributed by atoms with Crippen molar-refractivity contribution >= 4 is 25.7 Å². The van der Waals surface area contributed by atoms with Gasteiger partial charge in [0.05, 0.1) is 16.3 Å². The first kappa shape index (κ1) is 20.1. The molecule has 0 aromatic heterocycles. The lowest BCUT2D eigenvalue weighted by molar-refractivity contribution is 0.361. The Morgan fingerprint density at radius 1 is 1.28 bits per heavy atom. The molecule has 2 unspecified atom stereocenters. The highest BCUT2D eigenvalue weighted by Gasteiger charge is 2.25. The average Bonchev–Trinajstić information content (AvgIpc) is 2.48. The molecule has 0 saturated carbocycles. The summed E-state index contributed by atoms with van der Waals surface area (Å²) in [6.45, 7) is 4.37. The quantitative estimate of drug-likeness (QED) is 0.649. The number of benzene rings is 1. The standard InChI is InChI=1S/C15H24FN3O4S2/c1-3-8-24(20,21)19-15-5-4-13(10-14(15)16)25(22,23)18-12-6-7-17-11(2)9-12/h4-5,10-12,17-19H,3,6-9H2,1-2H3. The molecule has 2 atom stereocenters. The number of nitrogens with one attached hydrogen (secondary N) is 3. The summed E-state index contributed by atoms with van der Waals surface area (Å²) in [4.78, 5) is -0.227. The maximum Gasteiger partial charge on any atom is 0.240 e. The fourth-order valence-electron chi connectivity index (χ4n) is 2.76. The Morgan fingerprint density at radius 2 is 2.00 bits per heavy atom. The van der Waals surface area contributed by atoms with E-state index in [-0.39, 0.29) is 28.4 Å². The van der Waals surface area contributed by atoms with Crippen molar-refractivity contribution in [1.82, 2.24) is 10.0 Å². The molecule has 0 spiro atoms. The van der Waals surface area contributed by atoms with Crippen LogP contribution < -0.4 is 14.8 Å². The minimum absolute atomic E-state index is 0.137. The van der Waals surface area contributed by atoms with Crippen molar-refractivity contribution in [3.05, 3.63) is 24.0 Å². The Morgan fingerprint density at radius 3 is 2.60 bits per heavy atom. The number of anilines is 1. The summed E-state index contributed by atoms with van der Waals surface area (Å²) < 4.78 is 67.1. The molecule has 1 heterocycles. The molecule has 7 nitrogen and oxygen atoms in total. The van der Waals surface area contributed by atoms with Gasteiger partial charge >= 0.3 is 0 Å². The van der Waals surface area contributed by atoms with Crippen LogP contribution in [-0.4, -0.2) is 41.2 Å². The van der Waals surface area contributed by atoms with Gasteiger partial charge in [-0.15, -0.1) is 0 Å². The third kappa shape index (κ3) is 5.63. The van der Waals surface area contributed by atoms with Gasteiger partial charge in [-0.05, 0) is 50.9 Å². The van der Waals surface area contributed by atoms with Crippen LogP contribution in [0.5, 0.6) is 0 Å². The van der Waals surface area contributed by atoms with Crippen molar-refractivity contribution in [2.75, 3.05) is 17.0 Å². The molecular weight excluding hydrogens is 369 g/mol. The fraction of sp³-hybridized carbons (Fsp3) is 0.600. The van der Waals surface area contributed by atoms with Gasteiger partial charge in [0.25, 0.3) is 0 Å². The summed E-state index contributed by atoms with van der Waals surface area (Å²) in [6.07, 6.45) is 1.69. The summed E-state index contributed by atoms with van der Waals surface area (Å²) in [6, 6.07) is 3.14. The van der Waals surface area contributed by atoms with Crippen LogP contribution in [0.3, 0.4) is 0 Å². The number of hydrogen-bond donors (Lipinski definition) is 3. The molecule has 25 heavy (non-hydrogen) atoms. The molecule has 1 fully saturated rings. The molecule has 0 aliphatic carbocycles. The number of rotatable bonds is 7. The molecule has 1 aliphatic heterocycles. The monoisotopic (exact) mass is 393 g/mol. The minimum atomic E-state index is -3.87. The maximum absolute atomic E-state index is 14.2. The van der Waals surface area contributed by atoms with E-state index in [1.165, 1.54) is 6.07 Å². The normalized spacial score (nSPS) is 21.9. The lowest BCUT2D eigenvalue weighted by atomic mass is 10.0. The van der Waals surface area contributed by atoms with Gasteiger partial charge in [0.15, 0.2) is 0 Å². The summed E-state index contributed by atoms with van der Waals surface area (Å²) >= 11 is 0. The van der Waals surface area contributed by atoms with E-state index in [0.717, 1.165) is 12.1 Å². The average molecular weight is 394 g/mol.